The van der Waals surface area contributed by atoms with Crippen molar-refractivity contribution in [1.29, 1.82) is 0 Å². The number of hydrogen-bond donors (Lipinski definition) is 1. The van der Waals surface area contributed by atoms with Crippen LogP contribution in [0.4, 0.5) is 5.82 Å². The fourth-order valence-electron chi connectivity index (χ4n) is 2.84. The molecule has 24 heavy (non-hydrogen) atoms. The van der Waals surface area contributed by atoms with Crippen molar-refractivity contribution < 1.29 is 9.90 Å². The molecular weight excluding hydrogens is 326 g/mol. The lowest BCUT2D eigenvalue weighted by atomic mass is 10.0. The lowest BCUT2D eigenvalue weighted by Gasteiger charge is -2.35. The van der Waals surface area contributed by atoms with Gasteiger partial charge in [-0.1, -0.05) is 17.7 Å². The standard InChI is InChI=1S/C18H20ClN3O2/c1-12-3-5-15(17(23)13(12)2)18(24)22-9-7-21(8-10-22)16-6-4-14(19)11-20-16/h3-6,11,23H,7-10H2,1-2H3. The molecule has 1 aliphatic rings. The first-order valence-electron chi connectivity index (χ1n) is 7.92. The average Bonchev–Trinajstić information content (AvgIpc) is 2.60. The summed E-state index contributed by atoms with van der Waals surface area (Å²) < 4.78 is 0. The number of carbonyl (C=O) groups is 1. The monoisotopic (exact) mass is 345 g/mol. The highest BCUT2D eigenvalue weighted by Gasteiger charge is 2.25. The Balaban J connectivity index is 1.69. The summed E-state index contributed by atoms with van der Waals surface area (Å²) in [5.41, 5.74) is 2.10. The maximum Gasteiger partial charge on any atom is 0.257 e. The van der Waals surface area contributed by atoms with E-state index in [1.165, 1.54) is 0 Å². The quantitative estimate of drug-likeness (QED) is 0.909. The van der Waals surface area contributed by atoms with Crippen LogP contribution < -0.4 is 4.90 Å². The van der Waals surface area contributed by atoms with E-state index in [-0.39, 0.29) is 11.7 Å². The van der Waals surface area contributed by atoms with E-state index < -0.39 is 0 Å². The van der Waals surface area contributed by atoms with E-state index in [1.54, 1.807) is 17.2 Å². The van der Waals surface area contributed by atoms with Gasteiger partial charge in [-0.15, -0.1) is 0 Å². The van der Waals surface area contributed by atoms with Gasteiger partial charge < -0.3 is 14.9 Å². The van der Waals surface area contributed by atoms with Gasteiger partial charge in [0, 0.05) is 32.4 Å². The van der Waals surface area contributed by atoms with Crippen molar-refractivity contribution in [3.05, 3.63) is 52.2 Å². The molecule has 1 aromatic heterocycles. The molecule has 1 N–H and O–H groups in total. The van der Waals surface area contributed by atoms with E-state index in [4.69, 9.17) is 11.6 Å². The van der Waals surface area contributed by atoms with Crippen LogP contribution in [0.15, 0.2) is 30.5 Å². The smallest absolute Gasteiger partial charge is 0.257 e. The van der Waals surface area contributed by atoms with Crippen molar-refractivity contribution in [2.24, 2.45) is 0 Å². The van der Waals surface area contributed by atoms with Crippen LogP contribution in [-0.2, 0) is 0 Å². The molecule has 0 saturated carbocycles. The first kappa shape index (κ1) is 16.6. The van der Waals surface area contributed by atoms with Crippen molar-refractivity contribution in [2.75, 3.05) is 31.1 Å². The molecule has 0 unspecified atom stereocenters. The van der Waals surface area contributed by atoms with Gasteiger partial charge >= 0.3 is 0 Å². The third-order valence-corrected chi connectivity index (χ3v) is 4.76. The second-order valence-corrected chi connectivity index (χ2v) is 6.45. The number of piperazine rings is 1. The molecule has 0 atom stereocenters. The number of aryl methyl sites for hydroxylation is 1. The van der Waals surface area contributed by atoms with E-state index in [0.717, 1.165) is 16.9 Å². The van der Waals surface area contributed by atoms with Crippen LogP contribution in [0.5, 0.6) is 5.75 Å². The first-order chi connectivity index (χ1) is 11.5. The van der Waals surface area contributed by atoms with Crippen LogP contribution in [0.2, 0.25) is 5.02 Å². The third kappa shape index (κ3) is 3.17. The fraction of sp³-hybridized carbons (Fsp3) is 0.333. The fourth-order valence-corrected chi connectivity index (χ4v) is 2.95. The van der Waals surface area contributed by atoms with Gasteiger partial charge in [0.25, 0.3) is 5.91 Å². The zero-order valence-corrected chi connectivity index (χ0v) is 14.5. The zero-order valence-electron chi connectivity index (χ0n) is 13.8. The average molecular weight is 346 g/mol. The molecule has 1 aliphatic heterocycles. The Bertz CT molecular complexity index is 754. The van der Waals surface area contributed by atoms with Gasteiger partial charge in [0.2, 0.25) is 0 Å². The van der Waals surface area contributed by atoms with Crippen LogP contribution >= 0.6 is 11.6 Å². The van der Waals surface area contributed by atoms with Gasteiger partial charge in [-0.2, -0.15) is 0 Å². The van der Waals surface area contributed by atoms with Crippen molar-refractivity contribution in [2.45, 2.75) is 13.8 Å². The molecule has 2 aromatic rings. The molecule has 0 radical (unpaired) electrons. The number of hydrogen-bond acceptors (Lipinski definition) is 4. The van der Waals surface area contributed by atoms with Gasteiger partial charge in [-0.25, -0.2) is 4.98 Å². The summed E-state index contributed by atoms with van der Waals surface area (Å²) in [7, 11) is 0. The molecule has 1 amide bonds. The first-order valence-corrected chi connectivity index (χ1v) is 8.30. The molecule has 0 aliphatic carbocycles. The number of anilines is 1. The lowest BCUT2D eigenvalue weighted by Crippen LogP contribution is -2.49. The Hall–Kier alpha value is -2.27. The highest BCUT2D eigenvalue weighted by Crippen LogP contribution is 2.26. The molecule has 126 valence electrons. The maximum absolute atomic E-state index is 12.7. The molecule has 1 fully saturated rings. The Labute approximate surface area is 146 Å². The molecule has 1 aromatic carbocycles. The molecule has 0 spiro atoms. The SMILES string of the molecule is Cc1ccc(C(=O)N2CCN(c3ccc(Cl)cn3)CC2)c(O)c1C. The van der Waals surface area contributed by atoms with Gasteiger partial charge in [-0.05, 0) is 43.2 Å². The Morgan fingerprint density at radius 2 is 1.83 bits per heavy atom. The third-order valence-electron chi connectivity index (χ3n) is 4.53. The van der Waals surface area contributed by atoms with E-state index in [0.29, 0.717) is 36.8 Å². The van der Waals surface area contributed by atoms with Crippen LogP contribution in [0, 0.1) is 13.8 Å². The predicted molar refractivity (Wildman–Crippen MR) is 94.9 cm³/mol. The molecule has 3 rings (SSSR count). The van der Waals surface area contributed by atoms with E-state index >= 15 is 0 Å². The maximum atomic E-state index is 12.7. The van der Waals surface area contributed by atoms with Crippen molar-refractivity contribution in [1.82, 2.24) is 9.88 Å². The number of pyridine rings is 1. The number of halogens is 1. The summed E-state index contributed by atoms with van der Waals surface area (Å²) in [5.74, 6) is 0.821. The largest absolute Gasteiger partial charge is 0.507 e. The molecule has 5 nitrogen and oxygen atoms in total. The molecule has 6 heteroatoms. The zero-order chi connectivity index (χ0) is 17.3. The van der Waals surface area contributed by atoms with Crippen LogP contribution in [-0.4, -0.2) is 47.1 Å². The summed E-state index contributed by atoms with van der Waals surface area (Å²) in [5, 5.41) is 10.9. The van der Waals surface area contributed by atoms with Gasteiger partial charge in [0.1, 0.15) is 11.6 Å². The number of phenolic OH excluding ortho intramolecular Hbond substituents is 1. The van der Waals surface area contributed by atoms with Crippen LogP contribution in [0.1, 0.15) is 21.5 Å². The van der Waals surface area contributed by atoms with Gasteiger partial charge in [0.05, 0.1) is 10.6 Å². The Morgan fingerprint density at radius 3 is 2.46 bits per heavy atom. The topological polar surface area (TPSA) is 56.7 Å². The Kier molecular flexibility index (Phi) is 4.62. The number of rotatable bonds is 2. The normalized spacial score (nSPS) is 14.8. The highest BCUT2D eigenvalue weighted by molar-refractivity contribution is 6.30. The number of aromatic hydroxyl groups is 1. The van der Waals surface area contributed by atoms with E-state index in [2.05, 4.69) is 9.88 Å². The molecule has 0 bridgehead atoms. The molecule has 2 heterocycles. The number of phenols is 1. The number of aromatic nitrogens is 1. The van der Waals surface area contributed by atoms with Crippen LogP contribution in [0.25, 0.3) is 0 Å². The molecular formula is C18H20ClN3O2. The van der Waals surface area contributed by atoms with Crippen LogP contribution in [0.3, 0.4) is 0 Å². The van der Waals surface area contributed by atoms with Crippen molar-refractivity contribution in [3.8, 4) is 5.75 Å². The minimum Gasteiger partial charge on any atom is -0.507 e. The molecule has 1 saturated heterocycles. The number of nitrogens with zero attached hydrogens (tertiary/aromatic N) is 3. The minimum absolute atomic E-state index is 0.0850. The van der Waals surface area contributed by atoms with Gasteiger partial charge in [-0.3, -0.25) is 4.79 Å². The number of carbonyl (C=O) groups excluding carboxylic acids is 1. The summed E-state index contributed by atoms with van der Waals surface area (Å²) >= 11 is 5.86. The predicted octanol–water partition coefficient (Wildman–Crippen LogP) is 3.02. The van der Waals surface area contributed by atoms with Gasteiger partial charge in [0.15, 0.2) is 0 Å². The second kappa shape index (κ2) is 6.69. The summed E-state index contributed by atoms with van der Waals surface area (Å²) in [4.78, 5) is 20.9. The van der Waals surface area contributed by atoms with Crippen molar-refractivity contribution in [3.63, 3.8) is 0 Å². The summed E-state index contributed by atoms with van der Waals surface area (Å²) in [6, 6.07) is 7.27. The second-order valence-electron chi connectivity index (χ2n) is 6.02. The number of amides is 1. The van der Waals surface area contributed by atoms with E-state index in [1.807, 2.05) is 32.0 Å². The minimum atomic E-state index is -0.126. The summed E-state index contributed by atoms with van der Waals surface area (Å²) in [6.45, 7) is 6.33. The Morgan fingerprint density at radius 1 is 1.12 bits per heavy atom. The highest BCUT2D eigenvalue weighted by atomic mass is 35.5. The van der Waals surface area contributed by atoms with Crippen molar-refractivity contribution >= 4 is 23.3 Å². The number of benzene rings is 1. The summed E-state index contributed by atoms with van der Waals surface area (Å²) in [6.07, 6.45) is 1.63. The van der Waals surface area contributed by atoms with E-state index in [9.17, 15) is 9.90 Å². The lowest BCUT2D eigenvalue weighted by molar-refractivity contribution is 0.0743.